The Kier molecular flexibility index (Phi) is 4.94. The first-order valence-electron chi connectivity index (χ1n) is 9.38. The summed E-state index contributed by atoms with van der Waals surface area (Å²) in [6.45, 7) is 7.39. The fourth-order valence-corrected chi connectivity index (χ4v) is 4.75. The minimum Gasteiger partial charge on any atom is -0.490 e. The quantitative estimate of drug-likeness (QED) is 0.858. The van der Waals surface area contributed by atoms with Gasteiger partial charge in [0.15, 0.2) is 5.17 Å². The predicted octanol–water partition coefficient (Wildman–Crippen LogP) is 4.60. The molecule has 1 N–H and O–H groups in total. The predicted molar refractivity (Wildman–Crippen MR) is 110 cm³/mol. The van der Waals surface area contributed by atoms with Crippen LogP contribution in [-0.2, 0) is 12.8 Å². The van der Waals surface area contributed by atoms with Gasteiger partial charge in [0.05, 0.1) is 12.6 Å². The van der Waals surface area contributed by atoms with E-state index in [1.165, 1.54) is 27.8 Å². The Morgan fingerprint density at radius 3 is 2.77 bits per heavy atom. The zero-order valence-corrected chi connectivity index (χ0v) is 16.5. The number of aliphatic imine (C=N–C) groups is 1. The number of thioether (sulfide) groups is 1. The molecule has 0 fully saturated rings. The molecule has 2 aliphatic heterocycles. The molecule has 136 valence electrons. The minimum atomic E-state index is 0.167. The van der Waals surface area contributed by atoms with Gasteiger partial charge in [0.25, 0.3) is 0 Å². The number of nitrogens with one attached hydrogen (secondary N) is 1. The van der Waals surface area contributed by atoms with Gasteiger partial charge in [-0.25, -0.2) is 0 Å². The molecule has 0 bridgehead atoms. The molecule has 2 heterocycles. The van der Waals surface area contributed by atoms with Crippen LogP contribution in [0.3, 0.4) is 0 Å². The van der Waals surface area contributed by atoms with E-state index in [4.69, 9.17) is 4.74 Å². The topological polar surface area (TPSA) is 33.6 Å². The van der Waals surface area contributed by atoms with Gasteiger partial charge in [-0.15, -0.1) is 0 Å². The summed E-state index contributed by atoms with van der Waals surface area (Å²) in [5, 5.41) is 4.76. The summed E-state index contributed by atoms with van der Waals surface area (Å²) in [7, 11) is 0. The Morgan fingerprint density at radius 2 is 2.04 bits per heavy atom. The second kappa shape index (κ2) is 7.36. The van der Waals surface area contributed by atoms with Crippen LogP contribution in [0.25, 0.3) is 0 Å². The number of benzene rings is 2. The zero-order chi connectivity index (χ0) is 18.1. The molecule has 2 unspecified atom stereocenters. The molecule has 2 aromatic carbocycles. The van der Waals surface area contributed by atoms with E-state index in [0.29, 0.717) is 0 Å². The molecule has 0 spiro atoms. The number of hydrogen-bond acceptors (Lipinski definition) is 4. The number of para-hydroxylation sites is 1. The van der Waals surface area contributed by atoms with Gasteiger partial charge in [-0.3, -0.25) is 4.99 Å². The summed E-state index contributed by atoms with van der Waals surface area (Å²) in [6.07, 6.45) is 2.18. The molecule has 0 aromatic heterocycles. The molecule has 2 atom stereocenters. The Labute approximate surface area is 160 Å². The number of nitrogens with zero attached hydrogens (tertiary/aromatic N) is 1. The molecule has 0 aliphatic carbocycles. The van der Waals surface area contributed by atoms with Gasteiger partial charge < -0.3 is 10.1 Å². The van der Waals surface area contributed by atoms with Crippen LogP contribution in [0.2, 0.25) is 0 Å². The normalized spacial score (nSPS) is 19.7. The molecule has 0 saturated heterocycles. The molecule has 2 aliphatic rings. The van der Waals surface area contributed by atoms with Crippen LogP contribution in [0.1, 0.15) is 40.8 Å². The lowest BCUT2D eigenvalue weighted by Gasteiger charge is -2.23. The number of amidine groups is 1. The number of ether oxygens (including phenoxy) is 1. The van der Waals surface area contributed by atoms with Crippen LogP contribution in [0.15, 0.2) is 41.4 Å². The monoisotopic (exact) mass is 366 g/mol. The van der Waals surface area contributed by atoms with Crippen molar-refractivity contribution < 1.29 is 4.74 Å². The molecular formula is C22H26N2OS. The summed E-state index contributed by atoms with van der Waals surface area (Å²) in [4.78, 5) is 4.61. The SMILES string of the molecule is Cc1cc(C)cc(CC(NC2=NCCS2)c2cccc3c2OC(C)C3)c1. The lowest BCUT2D eigenvalue weighted by molar-refractivity contribution is 0.251. The van der Waals surface area contributed by atoms with Crippen LogP contribution in [0, 0.1) is 13.8 Å². The van der Waals surface area contributed by atoms with Crippen molar-refractivity contribution in [2.45, 2.75) is 45.8 Å². The second-order valence-electron chi connectivity index (χ2n) is 7.40. The van der Waals surface area contributed by atoms with Gasteiger partial charge in [0.2, 0.25) is 0 Å². The van der Waals surface area contributed by atoms with Crippen LogP contribution in [0.5, 0.6) is 5.75 Å². The maximum Gasteiger partial charge on any atom is 0.157 e. The van der Waals surface area contributed by atoms with E-state index >= 15 is 0 Å². The van der Waals surface area contributed by atoms with Crippen molar-refractivity contribution in [3.63, 3.8) is 0 Å². The number of aryl methyl sites for hydroxylation is 2. The second-order valence-corrected chi connectivity index (χ2v) is 8.48. The molecular weight excluding hydrogens is 340 g/mol. The highest BCUT2D eigenvalue weighted by molar-refractivity contribution is 8.14. The molecule has 0 radical (unpaired) electrons. The Balaban J connectivity index is 1.68. The van der Waals surface area contributed by atoms with E-state index in [0.717, 1.165) is 36.1 Å². The first kappa shape index (κ1) is 17.5. The summed E-state index contributed by atoms with van der Waals surface area (Å²) < 4.78 is 6.18. The fraction of sp³-hybridized carbons (Fsp3) is 0.409. The number of fused-ring (bicyclic) bond motifs is 1. The highest BCUT2D eigenvalue weighted by atomic mass is 32.2. The summed E-state index contributed by atoms with van der Waals surface area (Å²) in [6, 6.07) is 13.5. The summed E-state index contributed by atoms with van der Waals surface area (Å²) in [5.41, 5.74) is 6.56. The standard InChI is InChI=1S/C22H26N2OS/c1-14-9-15(2)11-17(10-14)13-20(24-22-23-7-8-26-22)19-6-4-5-18-12-16(3)25-21(18)19/h4-6,9-11,16,20H,7-8,12-13H2,1-3H3,(H,23,24). The lowest BCUT2D eigenvalue weighted by atomic mass is 9.94. The largest absolute Gasteiger partial charge is 0.490 e. The first-order valence-corrected chi connectivity index (χ1v) is 10.4. The van der Waals surface area contributed by atoms with Crippen molar-refractivity contribution in [3.8, 4) is 5.75 Å². The highest BCUT2D eigenvalue weighted by Gasteiger charge is 2.27. The van der Waals surface area contributed by atoms with E-state index in [9.17, 15) is 0 Å². The Hall–Kier alpha value is -1.94. The van der Waals surface area contributed by atoms with Crippen LogP contribution < -0.4 is 10.1 Å². The lowest BCUT2D eigenvalue weighted by Crippen LogP contribution is -2.27. The van der Waals surface area contributed by atoms with E-state index in [-0.39, 0.29) is 12.1 Å². The third-order valence-corrected chi connectivity index (χ3v) is 5.84. The molecule has 2 aromatic rings. The zero-order valence-electron chi connectivity index (χ0n) is 15.7. The van der Waals surface area contributed by atoms with Crippen molar-refractivity contribution in [2.75, 3.05) is 12.3 Å². The minimum absolute atomic E-state index is 0.167. The van der Waals surface area contributed by atoms with Crippen molar-refractivity contribution >= 4 is 16.9 Å². The first-order chi connectivity index (χ1) is 12.6. The van der Waals surface area contributed by atoms with E-state index in [1.54, 1.807) is 0 Å². The third kappa shape index (κ3) is 3.75. The van der Waals surface area contributed by atoms with Crippen LogP contribution in [-0.4, -0.2) is 23.6 Å². The van der Waals surface area contributed by atoms with Gasteiger partial charge in [0.1, 0.15) is 11.9 Å². The smallest absolute Gasteiger partial charge is 0.157 e. The molecule has 0 amide bonds. The third-order valence-electron chi connectivity index (χ3n) is 4.93. The molecule has 4 rings (SSSR count). The van der Waals surface area contributed by atoms with Crippen molar-refractivity contribution in [2.24, 2.45) is 4.99 Å². The average Bonchev–Trinajstić information content (AvgIpc) is 3.21. The number of hydrogen-bond donors (Lipinski definition) is 1. The average molecular weight is 367 g/mol. The van der Waals surface area contributed by atoms with Crippen molar-refractivity contribution in [3.05, 3.63) is 64.2 Å². The Morgan fingerprint density at radius 1 is 1.23 bits per heavy atom. The van der Waals surface area contributed by atoms with Gasteiger partial charge in [0, 0.05) is 17.7 Å². The molecule has 3 nitrogen and oxygen atoms in total. The Bertz CT molecular complexity index is 826. The van der Waals surface area contributed by atoms with Gasteiger partial charge in [-0.05, 0) is 38.3 Å². The van der Waals surface area contributed by atoms with Crippen LogP contribution in [0.4, 0.5) is 0 Å². The van der Waals surface area contributed by atoms with Gasteiger partial charge >= 0.3 is 0 Å². The maximum absolute atomic E-state index is 6.18. The van der Waals surface area contributed by atoms with E-state index < -0.39 is 0 Å². The summed E-state index contributed by atoms with van der Waals surface area (Å²) in [5.74, 6) is 2.14. The van der Waals surface area contributed by atoms with Gasteiger partial charge in [-0.2, -0.15) is 0 Å². The molecule has 26 heavy (non-hydrogen) atoms. The molecule has 0 saturated carbocycles. The van der Waals surface area contributed by atoms with Crippen LogP contribution >= 0.6 is 11.8 Å². The number of rotatable bonds is 4. The highest BCUT2D eigenvalue weighted by Crippen LogP contribution is 2.37. The fourth-order valence-electron chi connectivity index (χ4n) is 3.97. The summed E-state index contributed by atoms with van der Waals surface area (Å²) >= 11 is 1.81. The van der Waals surface area contributed by atoms with E-state index in [1.807, 2.05) is 11.8 Å². The van der Waals surface area contributed by atoms with E-state index in [2.05, 4.69) is 67.5 Å². The van der Waals surface area contributed by atoms with Crippen molar-refractivity contribution in [1.29, 1.82) is 0 Å². The molecule has 4 heteroatoms. The van der Waals surface area contributed by atoms with Crippen molar-refractivity contribution in [1.82, 2.24) is 5.32 Å². The maximum atomic E-state index is 6.18. The van der Waals surface area contributed by atoms with Gasteiger partial charge in [-0.1, -0.05) is 59.3 Å².